The molecule has 1 saturated heterocycles. The summed E-state index contributed by atoms with van der Waals surface area (Å²) in [6.07, 6.45) is 0. The lowest BCUT2D eigenvalue weighted by molar-refractivity contribution is 0.437. The maximum Gasteiger partial charge on any atom is 0.247 e. The molecule has 0 unspecified atom stereocenters. The topological polar surface area (TPSA) is 63.4 Å². The monoisotopic (exact) mass is 332 g/mol. The normalized spacial score (nSPS) is 16.3. The Balaban J connectivity index is 2.55. The van der Waals surface area contributed by atoms with Crippen molar-refractivity contribution in [2.75, 3.05) is 31.1 Å². The summed E-state index contributed by atoms with van der Waals surface area (Å²) in [4.78, 5) is -0.572. The Morgan fingerprint density at radius 1 is 1.29 bits per heavy atom. The van der Waals surface area contributed by atoms with Gasteiger partial charge in [0.1, 0.15) is 16.5 Å². The van der Waals surface area contributed by atoms with Crippen molar-refractivity contribution in [2.45, 2.75) is 4.90 Å². The highest BCUT2D eigenvalue weighted by molar-refractivity contribution is 7.99. The number of halogens is 2. The Bertz CT molecular complexity index is 690. The van der Waals surface area contributed by atoms with Crippen molar-refractivity contribution in [3.63, 3.8) is 0 Å². The van der Waals surface area contributed by atoms with Crippen LogP contribution >= 0.6 is 11.8 Å². The number of nitrogens with two attached hydrogens (primary N) is 1. The third kappa shape index (κ3) is 3.55. The Morgan fingerprint density at radius 3 is 2.57 bits per heavy atom. The first-order chi connectivity index (χ1) is 9.96. The van der Waals surface area contributed by atoms with Crippen LogP contribution in [0.3, 0.4) is 0 Å². The van der Waals surface area contributed by atoms with E-state index in [1.54, 1.807) is 11.8 Å². The van der Waals surface area contributed by atoms with Gasteiger partial charge in [-0.3, -0.25) is 0 Å². The number of thioether (sulfide) groups is 1. The predicted octanol–water partition coefficient (Wildman–Crippen LogP) is 1.01. The van der Waals surface area contributed by atoms with Crippen LogP contribution in [-0.4, -0.2) is 43.9 Å². The number of hydrogen-bond donors (Lipinski definition) is 1. The number of benzene rings is 1. The average molecular weight is 332 g/mol. The number of nitrogens with zero attached hydrogens (tertiary/aromatic N) is 1. The Labute approximate surface area is 126 Å². The predicted molar refractivity (Wildman–Crippen MR) is 78.4 cm³/mol. The first kappa shape index (κ1) is 16.2. The molecule has 4 nitrogen and oxygen atoms in total. The molecule has 1 aliphatic heterocycles. The molecule has 114 valence electrons. The van der Waals surface area contributed by atoms with E-state index in [0.29, 0.717) is 30.7 Å². The van der Waals surface area contributed by atoms with Gasteiger partial charge in [-0.05, 0) is 6.07 Å². The molecule has 2 N–H and O–H groups in total. The van der Waals surface area contributed by atoms with Gasteiger partial charge in [-0.2, -0.15) is 16.1 Å². The van der Waals surface area contributed by atoms with Gasteiger partial charge in [0.05, 0.1) is 12.1 Å². The van der Waals surface area contributed by atoms with Crippen LogP contribution in [0.4, 0.5) is 8.78 Å². The van der Waals surface area contributed by atoms with Crippen molar-refractivity contribution in [3.8, 4) is 11.8 Å². The molecule has 21 heavy (non-hydrogen) atoms. The van der Waals surface area contributed by atoms with Crippen molar-refractivity contribution < 1.29 is 17.2 Å². The molecular weight excluding hydrogens is 318 g/mol. The molecule has 0 aliphatic carbocycles. The van der Waals surface area contributed by atoms with Gasteiger partial charge in [0.25, 0.3) is 0 Å². The number of rotatable bonds is 2. The molecule has 1 aliphatic rings. The minimum Gasteiger partial charge on any atom is -0.320 e. The van der Waals surface area contributed by atoms with E-state index in [1.807, 2.05) is 0 Å². The van der Waals surface area contributed by atoms with E-state index in [2.05, 4.69) is 11.8 Å². The highest BCUT2D eigenvalue weighted by Gasteiger charge is 2.31. The molecule has 8 heteroatoms. The van der Waals surface area contributed by atoms with E-state index < -0.39 is 26.6 Å². The van der Waals surface area contributed by atoms with Crippen molar-refractivity contribution in [1.29, 1.82) is 0 Å². The molecule has 1 fully saturated rings. The van der Waals surface area contributed by atoms with Crippen molar-refractivity contribution in [2.24, 2.45) is 5.73 Å². The Kier molecular flexibility index (Phi) is 5.22. The molecular formula is C13H14F2N2O2S2. The first-order valence-corrected chi connectivity index (χ1v) is 8.82. The highest BCUT2D eigenvalue weighted by Crippen LogP contribution is 2.26. The van der Waals surface area contributed by atoms with Crippen LogP contribution < -0.4 is 5.73 Å². The summed E-state index contributed by atoms with van der Waals surface area (Å²) in [5, 5.41) is 0. The maximum atomic E-state index is 14.0. The van der Waals surface area contributed by atoms with E-state index in [1.165, 1.54) is 4.31 Å². The summed E-state index contributed by atoms with van der Waals surface area (Å²) in [5.74, 6) is 4.15. The maximum absolute atomic E-state index is 14.0. The van der Waals surface area contributed by atoms with Crippen molar-refractivity contribution in [1.82, 2.24) is 4.31 Å². The molecule has 0 aromatic heterocycles. The number of sulfonamides is 1. The van der Waals surface area contributed by atoms with Crippen LogP contribution in [-0.2, 0) is 10.0 Å². The van der Waals surface area contributed by atoms with E-state index in [4.69, 9.17) is 5.73 Å². The third-order valence-electron chi connectivity index (χ3n) is 2.90. The summed E-state index contributed by atoms with van der Waals surface area (Å²) < 4.78 is 53.7. The molecule has 0 bridgehead atoms. The number of hydrogen-bond acceptors (Lipinski definition) is 4. The van der Waals surface area contributed by atoms with E-state index in [9.17, 15) is 17.2 Å². The minimum atomic E-state index is -4.04. The summed E-state index contributed by atoms with van der Waals surface area (Å²) >= 11 is 1.63. The lowest BCUT2D eigenvalue weighted by Gasteiger charge is -2.26. The second-order valence-corrected chi connectivity index (χ2v) is 7.39. The molecule has 1 aromatic rings. The lowest BCUT2D eigenvalue weighted by atomic mass is 10.2. The first-order valence-electron chi connectivity index (χ1n) is 6.22. The Morgan fingerprint density at radius 2 is 1.95 bits per heavy atom. The molecule has 0 atom stereocenters. The van der Waals surface area contributed by atoms with Gasteiger partial charge >= 0.3 is 0 Å². The van der Waals surface area contributed by atoms with Crippen LogP contribution in [0.1, 0.15) is 5.56 Å². The molecule has 1 aromatic carbocycles. The summed E-state index contributed by atoms with van der Waals surface area (Å²) in [6.45, 7) is 0.569. The summed E-state index contributed by atoms with van der Waals surface area (Å²) in [6, 6.07) is 1.47. The van der Waals surface area contributed by atoms with Crippen molar-refractivity contribution in [3.05, 3.63) is 29.3 Å². The van der Waals surface area contributed by atoms with Gasteiger partial charge in [-0.25, -0.2) is 17.2 Å². The zero-order chi connectivity index (χ0) is 15.5. The second kappa shape index (κ2) is 6.75. The van der Waals surface area contributed by atoms with Gasteiger partial charge < -0.3 is 5.73 Å². The van der Waals surface area contributed by atoms with Crippen LogP contribution in [0.25, 0.3) is 0 Å². The third-order valence-corrected chi connectivity index (χ3v) is 5.82. The van der Waals surface area contributed by atoms with Crippen molar-refractivity contribution >= 4 is 21.8 Å². The van der Waals surface area contributed by atoms with Crippen LogP contribution in [0.15, 0.2) is 17.0 Å². The zero-order valence-corrected chi connectivity index (χ0v) is 12.7. The van der Waals surface area contributed by atoms with Gasteiger partial charge in [0.15, 0.2) is 0 Å². The Hall–Kier alpha value is -1.14. The van der Waals surface area contributed by atoms with E-state index in [0.717, 1.165) is 6.07 Å². The molecule has 0 amide bonds. The van der Waals surface area contributed by atoms with Crippen LogP contribution in [0.5, 0.6) is 0 Å². The van der Waals surface area contributed by atoms with Crippen LogP contribution in [0, 0.1) is 23.5 Å². The van der Waals surface area contributed by atoms with E-state index in [-0.39, 0.29) is 12.1 Å². The average Bonchev–Trinajstić information content (AvgIpc) is 2.45. The summed E-state index contributed by atoms with van der Waals surface area (Å²) in [5.41, 5.74) is 5.03. The lowest BCUT2D eigenvalue weighted by Crippen LogP contribution is -2.38. The van der Waals surface area contributed by atoms with Gasteiger partial charge in [0, 0.05) is 30.7 Å². The minimum absolute atomic E-state index is 0.0298. The van der Waals surface area contributed by atoms with Gasteiger partial charge in [-0.15, -0.1) is 0 Å². The standard InChI is InChI=1S/C13H14F2N2O2S2/c14-11-8-10(2-1-3-16)13(12(15)9-11)21(18,19)17-4-6-20-7-5-17/h8-9H,3-7,16H2. The fraction of sp³-hybridized carbons (Fsp3) is 0.385. The van der Waals surface area contributed by atoms with E-state index >= 15 is 0 Å². The van der Waals surface area contributed by atoms with Gasteiger partial charge in [-0.1, -0.05) is 11.8 Å². The molecule has 1 heterocycles. The molecule has 0 saturated carbocycles. The SMILES string of the molecule is NCC#Cc1cc(F)cc(F)c1S(=O)(=O)N1CCSCC1. The summed E-state index contributed by atoms with van der Waals surface area (Å²) in [7, 11) is -4.04. The van der Waals surface area contributed by atoms with Gasteiger partial charge in [0.2, 0.25) is 10.0 Å². The fourth-order valence-electron chi connectivity index (χ4n) is 1.98. The smallest absolute Gasteiger partial charge is 0.247 e. The largest absolute Gasteiger partial charge is 0.320 e. The molecule has 2 rings (SSSR count). The fourth-order valence-corrected chi connectivity index (χ4v) is 4.73. The molecule has 0 radical (unpaired) electrons. The van der Waals surface area contributed by atoms with Crippen LogP contribution in [0.2, 0.25) is 0 Å². The highest BCUT2D eigenvalue weighted by atomic mass is 32.2. The quantitative estimate of drug-likeness (QED) is 0.821. The molecule has 0 spiro atoms. The second-order valence-electron chi connectivity index (χ2n) is 4.29. The zero-order valence-electron chi connectivity index (χ0n) is 11.1.